The minimum absolute atomic E-state index is 0.00501. The fraction of sp³-hybridized carbons (Fsp3) is 0.765. The third kappa shape index (κ3) is 11.6. The molecule has 0 aromatic rings. The summed E-state index contributed by atoms with van der Waals surface area (Å²) in [5.74, 6) is -1.42. The van der Waals surface area contributed by atoms with E-state index in [1.807, 2.05) is 0 Å². The summed E-state index contributed by atoms with van der Waals surface area (Å²) in [6, 6.07) is 0. The Morgan fingerprint density at radius 1 is 1.12 bits per heavy atom. The lowest BCUT2D eigenvalue weighted by Crippen LogP contribution is -2.42. The highest BCUT2D eigenvalue weighted by Gasteiger charge is 2.26. The molecule has 8 heteroatoms. The van der Waals surface area contributed by atoms with E-state index in [1.54, 1.807) is 34.6 Å². The van der Waals surface area contributed by atoms with E-state index in [0.29, 0.717) is 5.75 Å². The van der Waals surface area contributed by atoms with Crippen LogP contribution in [0.2, 0.25) is 0 Å². The van der Waals surface area contributed by atoms with Crippen molar-refractivity contribution in [3.8, 4) is 0 Å². The highest BCUT2D eigenvalue weighted by Crippen LogP contribution is 2.14. The molecule has 0 saturated carbocycles. The third-order valence-corrected chi connectivity index (χ3v) is 3.97. The minimum atomic E-state index is -0.664. The number of carbonyl (C=O) groups excluding carboxylic acids is 4. The molecule has 0 saturated heterocycles. The second-order valence-corrected chi connectivity index (χ2v) is 7.80. The molecule has 144 valence electrons. The fourth-order valence-corrected chi connectivity index (χ4v) is 2.51. The van der Waals surface area contributed by atoms with Crippen LogP contribution in [-0.2, 0) is 28.7 Å². The van der Waals surface area contributed by atoms with Crippen molar-refractivity contribution in [2.24, 2.45) is 5.92 Å². The van der Waals surface area contributed by atoms with Crippen molar-refractivity contribution in [3.63, 3.8) is 0 Å². The van der Waals surface area contributed by atoms with Gasteiger partial charge in [0.25, 0.3) is 0 Å². The number of esters is 2. The van der Waals surface area contributed by atoms with Crippen molar-refractivity contribution < 1.29 is 28.7 Å². The number of nitrogens with zero attached hydrogens (tertiary/aromatic N) is 1. The molecule has 25 heavy (non-hydrogen) atoms. The van der Waals surface area contributed by atoms with E-state index in [-0.39, 0.29) is 37.1 Å². The lowest BCUT2D eigenvalue weighted by atomic mass is 10.1. The number of hydrogen-bond acceptors (Lipinski definition) is 7. The van der Waals surface area contributed by atoms with Crippen LogP contribution in [0.3, 0.4) is 0 Å². The van der Waals surface area contributed by atoms with Crippen LogP contribution in [0.4, 0.5) is 0 Å². The average molecular weight is 375 g/mol. The second-order valence-electron chi connectivity index (χ2n) is 6.60. The molecule has 0 aliphatic rings. The Kier molecular flexibility index (Phi) is 10.4. The Morgan fingerprint density at radius 3 is 2.20 bits per heavy atom. The smallest absolute Gasteiger partial charge is 0.326 e. The molecule has 1 amide bonds. The Balaban J connectivity index is 4.91. The maximum absolute atomic E-state index is 12.6. The third-order valence-electron chi connectivity index (χ3n) is 2.90. The zero-order valence-electron chi connectivity index (χ0n) is 15.9. The Morgan fingerprint density at radius 2 is 1.72 bits per heavy atom. The largest absolute Gasteiger partial charge is 0.466 e. The molecule has 0 spiro atoms. The van der Waals surface area contributed by atoms with E-state index < -0.39 is 23.5 Å². The van der Waals surface area contributed by atoms with Crippen LogP contribution >= 0.6 is 11.8 Å². The Bertz CT molecular complexity index is 486. The molecule has 1 atom stereocenters. The van der Waals surface area contributed by atoms with Crippen molar-refractivity contribution in [1.29, 1.82) is 0 Å². The van der Waals surface area contributed by atoms with E-state index in [1.165, 1.54) is 11.8 Å². The van der Waals surface area contributed by atoms with Gasteiger partial charge in [-0.05, 0) is 27.7 Å². The number of amides is 1. The quantitative estimate of drug-likeness (QED) is 0.570. The SMILES string of the molecule is CCOC(=O)CCN(CC(=O)OC(C)(C)C)C(=O)C(C)CSC(C)=O. The molecule has 0 heterocycles. The number of thioether (sulfide) groups is 1. The molecule has 0 N–H and O–H groups in total. The lowest BCUT2D eigenvalue weighted by Gasteiger charge is -2.27. The van der Waals surface area contributed by atoms with Gasteiger partial charge in [0.1, 0.15) is 12.1 Å². The van der Waals surface area contributed by atoms with Crippen LogP contribution in [0.15, 0.2) is 0 Å². The minimum Gasteiger partial charge on any atom is -0.466 e. The molecule has 0 aromatic carbocycles. The summed E-state index contributed by atoms with van der Waals surface area (Å²) in [6.45, 7) is 10.1. The van der Waals surface area contributed by atoms with Gasteiger partial charge in [0.15, 0.2) is 5.12 Å². The van der Waals surface area contributed by atoms with Crippen LogP contribution in [-0.4, -0.2) is 58.9 Å². The van der Waals surface area contributed by atoms with Gasteiger partial charge in [-0.15, -0.1) is 0 Å². The van der Waals surface area contributed by atoms with Gasteiger partial charge in [0.05, 0.1) is 13.0 Å². The molecule has 0 aliphatic carbocycles. The monoisotopic (exact) mass is 375 g/mol. The predicted molar refractivity (Wildman–Crippen MR) is 96.0 cm³/mol. The molecule has 0 aliphatic heterocycles. The van der Waals surface area contributed by atoms with E-state index >= 15 is 0 Å². The molecular formula is C17H29NO6S. The summed E-state index contributed by atoms with van der Waals surface area (Å²) in [7, 11) is 0. The lowest BCUT2D eigenvalue weighted by molar-refractivity contribution is -0.160. The van der Waals surface area contributed by atoms with Crippen molar-refractivity contribution in [3.05, 3.63) is 0 Å². The van der Waals surface area contributed by atoms with Gasteiger partial charge in [0, 0.05) is 25.1 Å². The molecule has 0 radical (unpaired) electrons. The van der Waals surface area contributed by atoms with Gasteiger partial charge >= 0.3 is 11.9 Å². The second kappa shape index (κ2) is 11.1. The highest BCUT2D eigenvalue weighted by molar-refractivity contribution is 8.13. The summed E-state index contributed by atoms with van der Waals surface area (Å²) in [5.41, 5.74) is -0.664. The number of rotatable bonds is 9. The maximum Gasteiger partial charge on any atom is 0.326 e. The normalized spacial score (nSPS) is 12.2. The summed E-state index contributed by atoms with van der Waals surface area (Å²) in [5, 5.41) is -0.0788. The van der Waals surface area contributed by atoms with E-state index in [0.717, 1.165) is 11.8 Å². The molecule has 7 nitrogen and oxygen atoms in total. The standard InChI is InChI=1S/C17H29NO6S/c1-7-23-14(20)8-9-18(10-15(21)24-17(4,5)6)16(22)12(2)11-25-13(3)19/h12H,7-11H2,1-6H3. The first-order valence-corrected chi connectivity index (χ1v) is 9.24. The highest BCUT2D eigenvalue weighted by atomic mass is 32.2. The number of ether oxygens (including phenoxy) is 2. The van der Waals surface area contributed by atoms with E-state index in [4.69, 9.17) is 9.47 Å². The summed E-state index contributed by atoms with van der Waals surface area (Å²) in [4.78, 5) is 48.5. The first-order valence-electron chi connectivity index (χ1n) is 8.25. The average Bonchev–Trinajstić information content (AvgIpc) is 2.46. The van der Waals surface area contributed by atoms with Crippen molar-refractivity contribution in [2.75, 3.05) is 25.4 Å². The summed E-state index contributed by atoms with van der Waals surface area (Å²) >= 11 is 1.05. The van der Waals surface area contributed by atoms with E-state index in [2.05, 4.69) is 0 Å². The molecule has 1 unspecified atom stereocenters. The summed E-state index contributed by atoms with van der Waals surface area (Å²) < 4.78 is 10.1. The molecular weight excluding hydrogens is 346 g/mol. The number of hydrogen-bond donors (Lipinski definition) is 0. The Hall–Kier alpha value is -1.57. The zero-order valence-corrected chi connectivity index (χ0v) is 16.7. The van der Waals surface area contributed by atoms with Gasteiger partial charge in [-0.3, -0.25) is 19.2 Å². The number of carbonyl (C=O) groups is 4. The molecule has 0 rings (SSSR count). The van der Waals surface area contributed by atoms with Crippen LogP contribution in [0.1, 0.15) is 48.0 Å². The van der Waals surface area contributed by atoms with Crippen molar-refractivity contribution in [1.82, 2.24) is 4.90 Å². The van der Waals surface area contributed by atoms with Crippen molar-refractivity contribution in [2.45, 2.75) is 53.6 Å². The van der Waals surface area contributed by atoms with Crippen LogP contribution in [0, 0.1) is 5.92 Å². The van der Waals surface area contributed by atoms with Gasteiger partial charge in [-0.2, -0.15) is 0 Å². The maximum atomic E-state index is 12.6. The predicted octanol–water partition coefficient (Wildman–Crippen LogP) is 2.03. The summed E-state index contributed by atoms with van der Waals surface area (Å²) in [6.07, 6.45) is -0.00501. The van der Waals surface area contributed by atoms with Gasteiger partial charge in [-0.1, -0.05) is 18.7 Å². The van der Waals surface area contributed by atoms with Crippen LogP contribution in [0.5, 0.6) is 0 Å². The van der Waals surface area contributed by atoms with Gasteiger partial charge in [0.2, 0.25) is 5.91 Å². The molecule has 0 bridgehead atoms. The fourth-order valence-electron chi connectivity index (χ4n) is 1.88. The van der Waals surface area contributed by atoms with Crippen molar-refractivity contribution >= 4 is 34.7 Å². The van der Waals surface area contributed by atoms with E-state index in [9.17, 15) is 19.2 Å². The first kappa shape index (κ1) is 23.4. The van der Waals surface area contributed by atoms with Crippen LogP contribution < -0.4 is 0 Å². The zero-order chi connectivity index (χ0) is 19.6. The first-order chi connectivity index (χ1) is 11.5. The van der Waals surface area contributed by atoms with Crippen LogP contribution in [0.25, 0.3) is 0 Å². The topological polar surface area (TPSA) is 90.0 Å². The molecule has 0 fully saturated rings. The van der Waals surface area contributed by atoms with Gasteiger partial charge in [-0.25, -0.2) is 0 Å². The van der Waals surface area contributed by atoms with Gasteiger partial charge < -0.3 is 14.4 Å². The Labute approximate surface area is 153 Å². The molecule has 0 aromatic heterocycles.